The van der Waals surface area contributed by atoms with Gasteiger partial charge in [-0.2, -0.15) is 5.10 Å². The molecule has 0 saturated heterocycles. The number of aromatic nitrogens is 2. The number of nitrogens with zero attached hydrogens (tertiary/aromatic N) is 2. The standard InChI is InChI=1S/C10H14N4O2/c1-3-12-5-9(11-2)7-14-6-8(4-13-14)10(15)16/h3-6,11-12H,1,7H2,2H3,(H,15,16)/b9-5-. The highest BCUT2D eigenvalue weighted by molar-refractivity contribution is 5.86. The minimum Gasteiger partial charge on any atom is -0.478 e. The number of rotatable bonds is 6. The van der Waals surface area contributed by atoms with Crippen LogP contribution in [0, 0.1) is 0 Å². The first-order valence-electron chi connectivity index (χ1n) is 4.67. The Balaban J connectivity index is 2.70. The summed E-state index contributed by atoms with van der Waals surface area (Å²) in [6.07, 6.45) is 6.07. The topological polar surface area (TPSA) is 79.2 Å². The van der Waals surface area contributed by atoms with Gasteiger partial charge in [0.1, 0.15) is 0 Å². The molecule has 0 aliphatic heterocycles. The molecule has 0 amide bonds. The maximum atomic E-state index is 10.6. The Labute approximate surface area is 93.3 Å². The Bertz CT molecular complexity index is 409. The normalized spacial score (nSPS) is 10.9. The van der Waals surface area contributed by atoms with Crippen molar-refractivity contribution < 1.29 is 9.90 Å². The van der Waals surface area contributed by atoms with E-state index in [4.69, 9.17) is 5.11 Å². The molecule has 0 spiro atoms. The summed E-state index contributed by atoms with van der Waals surface area (Å²) < 4.78 is 1.54. The van der Waals surface area contributed by atoms with E-state index in [1.807, 2.05) is 0 Å². The van der Waals surface area contributed by atoms with Gasteiger partial charge in [-0.05, 0) is 6.20 Å². The van der Waals surface area contributed by atoms with E-state index in [0.717, 1.165) is 5.70 Å². The van der Waals surface area contributed by atoms with Gasteiger partial charge in [0.05, 0.1) is 18.3 Å². The van der Waals surface area contributed by atoms with Crippen LogP contribution >= 0.6 is 0 Å². The average Bonchev–Trinajstić information content (AvgIpc) is 2.72. The van der Waals surface area contributed by atoms with Gasteiger partial charge in [-0.1, -0.05) is 6.58 Å². The molecule has 6 heteroatoms. The molecule has 1 heterocycles. The predicted octanol–water partition coefficient (Wildman–Crippen LogP) is 0.375. The number of aromatic carboxylic acids is 1. The number of nitrogens with one attached hydrogen (secondary N) is 2. The van der Waals surface area contributed by atoms with E-state index in [9.17, 15) is 4.79 Å². The molecule has 0 aliphatic rings. The molecular formula is C10H14N4O2. The van der Waals surface area contributed by atoms with Crippen molar-refractivity contribution in [1.29, 1.82) is 0 Å². The molecule has 1 aromatic rings. The molecule has 16 heavy (non-hydrogen) atoms. The largest absolute Gasteiger partial charge is 0.478 e. The molecule has 0 aromatic carbocycles. The third-order valence-corrected chi connectivity index (χ3v) is 1.91. The number of likely N-dealkylation sites (N-methyl/N-ethyl adjacent to an activating group) is 1. The lowest BCUT2D eigenvalue weighted by Crippen LogP contribution is -2.15. The second-order valence-corrected chi connectivity index (χ2v) is 3.02. The van der Waals surface area contributed by atoms with E-state index in [2.05, 4.69) is 22.3 Å². The molecule has 0 saturated carbocycles. The second kappa shape index (κ2) is 5.59. The molecule has 6 nitrogen and oxygen atoms in total. The fourth-order valence-electron chi connectivity index (χ4n) is 1.09. The van der Waals surface area contributed by atoms with Crippen molar-refractivity contribution in [3.05, 3.63) is 42.6 Å². The van der Waals surface area contributed by atoms with Crippen molar-refractivity contribution >= 4 is 5.97 Å². The molecule has 0 unspecified atom stereocenters. The molecule has 0 radical (unpaired) electrons. The van der Waals surface area contributed by atoms with E-state index in [1.54, 1.807) is 19.4 Å². The lowest BCUT2D eigenvalue weighted by molar-refractivity contribution is 0.0697. The Morgan fingerprint density at radius 1 is 1.75 bits per heavy atom. The third kappa shape index (κ3) is 3.16. The summed E-state index contributed by atoms with van der Waals surface area (Å²) in [7, 11) is 1.78. The molecule has 86 valence electrons. The van der Waals surface area contributed by atoms with Gasteiger partial charge in [-0.25, -0.2) is 4.79 Å². The fourth-order valence-corrected chi connectivity index (χ4v) is 1.09. The maximum Gasteiger partial charge on any atom is 0.338 e. The Morgan fingerprint density at radius 2 is 2.50 bits per heavy atom. The van der Waals surface area contributed by atoms with E-state index in [1.165, 1.54) is 17.1 Å². The quantitative estimate of drug-likeness (QED) is 0.648. The highest BCUT2D eigenvalue weighted by Gasteiger charge is 2.06. The first-order valence-corrected chi connectivity index (χ1v) is 4.67. The summed E-state index contributed by atoms with van der Waals surface area (Å²) in [4.78, 5) is 10.6. The molecule has 1 aromatic heterocycles. The van der Waals surface area contributed by atoms with Crippen LogP contribution in [0.1, 0.15) is 10.4 Å². The van der Waals surface area contributed by atoms with Gasteiger partial charge >= 0.3 is 5.97 Å². The minimum atomic E-state index is -0.981. The molecule has 0 atom stereocenters. The van der Waals surface area contributed by atoms with Crippen LogP contribution < -0.4 is 10.6 Å². The molecule has 0 aliphatic carbocycles. The van der Waals surface area contributed by atoms with Crippen LogP contribution in [0.15, 0.2) is 37.1 Å². The molecular weight excluding hydrogens is 208 g/mol. The molecule has 1 rings (SSSR count). The van der Waals surface area contributed by atoms with Gasteiger partial charge in [-0.15, -0.1) is 0 Å². The van der Waals surface area contributed by atoms with E-state index < -0.39 is 5.97 Å². The van der Waals surface area contributed by atoms with Crippen molar-refractivity contribution in [2.75, 3.05) is 7.05 Å². The van der Waals surface area contributed by atoms with Gasteiger partial charge in [0, 0.05) is 25.1 Å². The van der Waals surface area contributed by atoms with Crippen LogP contribution in [-0.4, -0.2) is 27.9 Å². The van der Waals surface area contributed by atoms with Crippen molar-refractivity contribution in [1.82, 2.24) is 20.4 Å². The van der Waals surface area contributed by atoms with E-state index >= 15 is 0 Å². The van der Waals surface area contributed by atoms with Crippen LogP contribution in [-0.2, 0) is 6.54 Å². The Morgan fingerprint density at radius 3 is 3.00 bits per heavy atom. The zero-order valence-electron chi connectivity index (χ0n) is 8.97. The zero-order chi connectivity index (χ0) is 12.0. The Kier molecular flexibility index (Phi) is 4.14. The van der Waals surface area contributed by atoms with E-state index in [-0.39, 0.29) is 5.56 Å². The monoisotopic (exact) mass is 222 g/mol. The predicted molar refractivity (Wildman–Crippen MR) is 59.7 cm³/mol. The molecule has 0 fully saturated rings. The van der Waals surface area contributed by atoms with Crippen LogP contribution in [0.25, 0.3) is 0 Å². The highest BCUT2D eigenvalue weighted by Crippen LogP contribution is 2.00. The summed E-state index contributed by atoms with van der Waals surface area (Å²) in [6.45, 7) is 3.98. The Hall–Kier alpha value is -2.24. The van der Waals surface area contributed by atoms with E-state index in [0.29, 0.717) is 6.54 Å². The van der Waals surface area contributed by atoms with Gasteiger partial charge < -0.3 is 15.7 Å². The van der Waals surface area contributed by atoms with Crippen molar-refractivity contribution in [2.24, 2.45) is 0 Å². The van der Waals surface area contributed by atoms with Crippen LogP contribution in [0.4, 0.5) is 0 Å². The summed E-state index contributed by atoms with van der Waals surface area (Å²) >= 11 is 0. The number of allylic oxidation sites excluding steroid dienone is 1. The summed E-state index contributed by atoms with van der Waals surface area (Å²) in [5, 5.41) is 18.5. The first-order chi connectivity index (χ1) is 7.67. The third-order valence-electron chi connectivity index (χ3n) is 1.91. The SMILES string of the molecule is C=CN/C=C(/Cn1cc(C(=O)O)cn1)NC. The molecule has 0 bridgehead atoms. The first kappa shape index (κ1) is 11.8. The number of carboxylic acid groups (broad SMARTS) is 1. The number of carboxylic acids is 1. The average molecular weight is 222 g/mol. The van der Waals surface area contributed by atoms with Gasteiger partial charge in [0.15, 0.2) is 0 Å². The van der Waals surface area contributed by atoms with Gasteiger partial charge in [-0.3, -0.25) is 4.68 Å². The fraction of sp³-hybridized carbons (Fsp3) is 0.200. The lowest BCUT2D eigenvalue weighted by atomic mass is 10.4. The smallest absolute Gasteiger partial charge is 0.338 e. The van der Waals surface area contributed by atoms with Crippen molar-refractivity contribution in [2.45, 2.75) is 6.54 Å². The van der Waals surface area contributed by atoms with Crippen LogP contribution in [0.3, 0.4) is 0 Å². The van der Waals surface area contributed by atoms with Crippen molar-refractivity contribution in [3.8, 4) is 0 Å². The summed E-state index contributed by atoms with van der Waals surface area (Å²) in [6, 6.07) is 0. The van der Waals surface area contributed by atoms with Crippen LogP contribution in [0.5, 0.6) is 0 Å². The number of carbonyl (C=O) groups is 1. The summed E-state index contributed by atoms with van der Waals surface area (Å²) in [5.41, 5.74) is 1.03. The highest BCUT2D eigenvalue weighted by atomic mass is 16.4. The lowest BCUT2D eigenvalue weighted by Gasteiger charge is -2.06. The van der Waals surface area contributed by atoms with Crippen molar-refractivity contribution in [3.63, 3.8) is 0 Å². The number of hydrogen-bond acceptors (Lipinski definition) is 4. The van der Waals surface area contributed by atoms with Gasteiger partial charge in [0.25, 0.3) is 0 Å². The van der Waals surface area contributed by atoms with Crippen LogP contribution in [0.2, 0.25) is 0 Å². The molecule has 3 N–H and O–H groups in total. The number of hydrogen-bond donors (Lipinski definition) is 3. The zero-order valence-corrected chi connectivity index (χ0v) is 8.97. The maximum absolute atomic E-state index is 10.6. The second-order valence-electron chi connectivity index (χ2n) is 3.02. The summed E-state index contributed by atoms with van der Waals surface area (Å²) in [5.74, 6) is -0.981. The minimum absolute atomic E-state index is 0.173. The van der Waals surface area contributed by atoms with Gasteiger partial charge in [0.2, 0.25) is 0 Å².